The van der Waals surface area contributed by atoms with Crippen LogP contribution in [0.3, 0.4) is 0 Å². The number of rotatable bonds is 5. The first kappa shape index (κ1) is 12.0. The summed E-state index contributed by atoms with van der Waals surface area (Å²) in [6.07, 6.45) is -0.452. The molecule has 0 aliphatic rings. The Kier molecular flexibility index (Phi) is 4.15. The highest BCUT2D eigenvalue weighted by molar-refractivity contribution is 7.99. The lowest BCUT2D eigenvalue weighted by Gasteiger charge is -2.17. The molecule has 2 nitrogen and oxygen atoms in total. The molecule has 1 atom stereocenters. The zero-order valence-corrected chi connectivity index (χ0v) is 9.26. The van der Waals surface area contributed by atoms with Crippen molar-refractivity contribution in [2.75, 3.05) is 5.75 Å². The molecule has 4 heteroatoms. The summed E-state index contributed by atoms with van der Waals surface area (Å²) in [5.41, 5.74) is -1.66. The third-order valence-electron chi connectivity index (χ3n) is 1.80. The van der Waals surface area contributed by atoms with Crippen LogP contribution in [0.15, 0.2) is 35.2 Å². The molecule has 0 aliphatic heterocycles. The molecule has 1 N–H and O–H groups in total. The van der Waals surface area contributed by atoms with Crippen LogP contribution in [-0.2, 0) is 4.79 Å². The van der Waals surface area contributed by atoms with E-state index in [0.717, 1.165) is 4.90 Å². The van der Waals surface area contributed by atoms with E-state index in [0.29, 0.717) is 0 Å². The van der Waals surface area contributed by atoms with Crippen LogP contribution in [0.25, 0.3) is 0 Å². The van der Waals surface area contributed by atoms with Gasteiger partial charge in [-0.1, -0.05) is 18.2 Å². The van der Waals surface area contributed by atoms with E-state index in [1.807, 2.05) is 30.3 Å². The fourth-order valence-electron chi connectivity index (χ4n) is 1.12. The van der Waals surface area contributed by atoms with Crippen LogP contribution in [0.5, 0.6) is 0 Å². The summed E-state index contributed by atoms with van der Waals surface area (Å²) in [5, 5.41) is 8.50. The highest BCUT2D eigenvalue weighted by atomic mass is 32.2. The predicted octanol–water partition coefficient (Wildman–Crippen LogP) is 2.98. The topological polar surface area (TPSA) is 37.3 Å². The molecule has 0 spiro atoms. The fourth-order valence-corrected chi connectivity index (χ4v) is 2.04. The van der Waals surface area contributed by atoms with Crippen molar-refractivity contribution in [3.63, 3.8) is 0 Å². The first-order valence-corrected chi connectivity index (χ1v) is 5.57. The molecular formula is C11H13FO2S. The van der Waals surface area contributed by atoms with E-state index in [-0.39, 0.29) is 5.75 Å². The predicted molar refractivity (Wildman–Crippen MR) is 58.9 cm³/mol. The van der Waals surface area contributed by atoms with Gasteiger partial charge in [0, 0.05) is 10.6 Å². The number of alkyl halides is 1. The monoisotopic (exact) mass is 228 g/mol. The van der Waals surface area contributed by atoms with E-state index in [2.05, 4.69) is 0 Å². The lowest BCUT2D eigenvalue weighted by atomic mass is 10.1. The first-order chi connectivity index (χ1) is 6.99. The Balaban J connectivity index is 2.46. The lowest BCUT2D eigenvalue weighted by molar-refractivity contribution is -0.139. The molecule has 1 aromatic rings. The number of aliphatic carboxylic acids is 1. The summed E-state index contributed by atoms with van der Waals surface area (Å²) in [5.74, 6) is -0.947. The Hall–Kier alpha value is -1.03. The third-order valence-corrected chi connectivity index (χ3v) is 3.15. The maximum absolute atomic E-state index is 13.6. The smallest absolute Gasteiger partial charge is 0.306 e. The van der Waals surface area contributed by atoms with Crippen LogP contribution < -0.4 is 0 Å². The minimum Gasteiger partial charge on any atom is -0.481 e. The number of hydrogen-bond donors (Lipinski definition) is 1. The Morgan fingerprint density at radius 1 is 1.47 bits per heavy atom. The zero-order valence-electron chi connectivity index (χ0n) is 8.44. The molecule has 0 saturated heterocycles. The van der Waals surface area contributed by atoms with Crippen LogP contribution in [-0.4, -0.2) is 22.5 Å². The fraction of sp³-hybridized carbons (Fsp3) is 0.364. The van der Waals surface area contributed by atoms with Gasteiger partial charge in [0.25, 0.3) is 0 Å². The summed E-state index contributed by atoms with van der Waals surface area (Å²) in [6.45, 7) is 1.32. The van der Waals surface area contributed by atoms with Crippen LogP contribution in [0.2, 0.25) is 0 Å². The van der Waals surface area contributed by atoms with Gasteiger partial charge < -0.3 is 5.11 Å². The molecule has 0 bridgehead atoms. The molecule has 0 amide bonds. The minimum atomic E-state index is -1.66. The molecule has 82 valence electrons. The summed E-state index contributed by atoms with van der Waals surface area (Å²) in [6, 6.07) is 9.38. The van der Waals surface area contributed by atoms with Crippen LogP contribution >= 0.6 is 11.8 Å². The van der Waals surface area contributed by atoms with Gasteiger partial charge in [-0.3, -0.25) is 4.79 Å². The standard InChI is InChI=1S/C11H13FO2S/c1-11(12,7-10(13)14)8-15-9-5-3-2-4-6-9/h2-6H,7-8H2,1H3,(H,13,14). The minimum absolute atomic E-state index is 0.156. The van der Waals surface area contributed by atoms with Crippen molar-refractivity contribution in [3.8, 4) is 0 Å². The van der Waals surface area contributed by atoms with Gasteiger partial charge in [0.15, 0.2) is 0 Å². The molecule has 1 unspecified atom stereocenters. The number of thioether (sulfide) groups is 1. The van der Waals surface area contributed by atoms with Gasteiger partial charge in [0.2, 0.25) is 0 Å². The summed E-state index contributed by atoms with van der Waals surface area (Å²) >= 11 is 1.33. The molecule has 0 radical (unpaired) electrons. The average molecular weight is 228 g/mol. The third kappa shape index (κ3) is 4.83. The second-order valence-corrected chi connectivity index (χ2v) is 4.63. The van der Waals surface area contributed by atoms with Crippen molar-refractivity contribution in [1.29, 1.82) is 0 Å². The van der Waals surface area contributed by atoms with Crippen molar-refractivity contribution in [1.82, 2.24) is 0 Å². The summed E-state index contributed by atoms with van der Waals surface area (Å²) in [7, 11) is 0. The molecule has 0 heterocycles. The normalized spacial score (nSPS) is 14.5. The van der Waals surface area contributed by atoms with E-state index in [4.69, 9.17) is 5.11 Å². The van der Waals surface area contributed by atoms with Crippen LogP contribution in [0, 0.1) is 0 Å². The van der Waals surface area contributed by atoms with Crippen molar-refractivity contribution < 1.29 is 14.3 Å². The number of carbonyl (C=O) groups is 1. The van der Waals surface area contributed by atoms with Gasteiger partial charge in [-0.15, -0.1) is 11.8 Å². The summed E-state index contributed by atoms with van der Waals surface area (Å²) in [4.78, 5) is 11.3. The average Bonchev–Trinajstić information content (AvgIpc) is 2.15. The first-order valence-electron chi connectivity index (χ1n) is 4.58. The van der Waals surface area contributed by atoms with Gasteiger partial charge in [0.05, 0.1) is 6.42 Å². The largest absolute Gasteiger partial charge is 0.481 e. The van der Waals surface area contributed by atoms with Crippen molar-refractivity contribution in [3.05, 3.63) is 30.3 Å². The quantitative estimate of drug-likeness (QED) is 0.787. The Bertz CT molecular complexity index is 325. The van der Waals surface area contributed by atoms with E-state index in [9.17, 15) is 9.18 Å². The van der Waals surface area contributed by atoms with Crippen LogP contribution in [0.4, 0.5) is 4.39 Å². The van der Waals surface area contributed by atoms with Gasteiger partial charge in [0.1, 0.15) is 5.67 Å². The number of benzene rings is 1. The number of halogens is 1. The Morgan fingerprint density at radius 3 is 2.60 bits per heavy atom. The number of hydrogen-bond acceptors (Lipinski definition) is 2. The van der Waals surface area contributed by atoms with E-state index in [1.165, 1.54) is 18.7 Å². The highest BCUT2D eigenvalue weighted by Crippen LogP contribution is 2.26. The molecule has 0 aliphatic carbocycles. The van der Waals surface area contributed by atoms with E-state index in [1.54, 1.807) is 0 Å². The van der Waals surface area contributed by atoms with E-state index < -0.39 is 18.1 Å². The van der Waals surface area contributed by atoms with Crippen molar-refractivity contribution >= 4 is 17.7 Å². The molecule has 15 heavy (non-hydrogen) atoms. The SMILES string of the molecule is CC(F)(CSc1ccccc1)CC(=O)O. The molecular weight excluding hydrogens is 215 g/mol. The molecule has 0 aromatic heterocycles. The molecule has 0 saturated carbocycles. The second kappa shape index (κ2) is 5.16. The van der Waals surface area contributed by atoms with Gasteiger partial charge in [-0.25, -0.2) is 4.39 Å². The number of carboxylic acids is 1. The zero-order chi connectivity index (χ0) is 11.3. The van der Waals surface area contributed by atoms with Gasteiger partial charge in [-0.2, -0.15) is 0 Å². The molecule has 1 aromatic carbocycles. The maximum Gasteiger partial charge on any atom is 0.306 e. The van der Waals surface area contributed by atoms with E-state index >= 15 is 0 Å². The maximum atomic E-state index is 13.6. The number of carboxylic acid groups (broad SMARTS) is 1. The highest BCUT2D eigenvalue weighted by Gasteiger charge is 2.26. The second-order valence-electron chi connectivity index (χ2n) is 3.59. The van der Waals surface area contributed by atoms with Gasteiger partial charge in [-0.05, 0) is 19.1 Å². The van der Waals surface area contributed by atoms with Gasteiger partial charge >= 0.3 is 5.97 Å². The van der Waals surface area contributed by atoms with Crippen LogP contribution in [0.1, 0.15) is 13.3 Å². The molecule has 1 rings (SSSR count). The summed E-state index contributed by atoms with van der Waals surface area (Å²) < 4.78 is 13.6. The van der Waals surface area contributed by atoms with Crippen molar-refractivity contribution in [2.24, 2.45) is 0 Å². The lowest BCUT2D eigenvalue weighted by Crippen LogP contribution is -2.25. The Labute approximate surface area is 92.5 Å². The van der Waals surface area contributed by atoms with Crippen molar-refractivity contribution in [2.45, 2.75) is 23.9 Å². The Morgan fingerprint density at radius 2 is 2.07 bits per heavy atom. The molecule has 0 fully saturated rings.